The molecule has 0 radical (unpaired) electrons. The SMILES string of the molecule is CSc1ccccc1-n1c(C(C)C)cnc1SCC(=O)O. The second kappa shape index (κ2) is 7.04. The van der Waals surface area contributed by atoms with E-state index in [4.69, 9.17) is 5.11 Å². The normalized spacial score (nSPS) is 11.0. The molecule has 21 heavy (non-hydrogen) atoms. The average Bonchev–Trinajstić information content (AvgIpc) is 2.88. The van der Waals surface area contributed by atoms with Gasteiger partial charge in [-0.3, -0.25) is 9.36 Å². The molecule has 0 fully saturated rings. The third-order valence-electron chi connectivity index (χ3n) is 3.00. The van der Waals surface area contributed by atoms with Crippen LogP contribution in [-0.4, -0.2) is 32.6 Å². The lowest BCUT2D eigenvalue weighted by molar-refractivity contribution is -0.133. The van der Waals surface area contributed by atoms with Gasteiger partial charge in [-0.1, -0.05) is 37.7 Å². The Morgan fingerprint density at radius 2 is 2.10 bits per heavy atom. The zero-order valence-electron chi connectivity index (χ0n) is 12.2. The van der Waals surface area contributed by atoms with E-state index in [1.165, 1.54) is 11.8 Å². The first-order valence-corrected chi connectivity index (χ1v) is 8.81. The van der Waals surface area contributed by atoms with E-state index in [0.717, 1.165) is 21.4 Å². The third kappa shape index (κ3) is 3.63. The summed E-state index contributed by atoms with van der Waals surface area (Å²) >= 11 is 2.92. The minimum atomic E-state index is -0.834. The molecular formula is C15H18N2O2S2. The number of rotatable bonds is 6. The maximum atomic E-state index is 10.8. The molecule has 0 atom stereocenters. The van der Waals surface area contributed by atoms with Crippen molar-refractivity contribution in [3.63, 3.8) is 0 Å². The van der Waals surface area contributed by atoms with Crippen molar-refractivity contribution in [1.29, 1.82) is 0 Å². The van der Waals surface area contributed by atoms with Gasteiger partial charge in [-0.2, -0.15) is 0 Å². The molecule has 0 aliphatic carbocycles. The van der Waals surface area contributed by atoms with Gasteiger partial charge >= 0.3 is 5.97 Å². The molecule has 0 bridgehead atoms. The number of aliphatic carboxylic acids is 1. The first-order valence-electron chi connectivity index (χ1n) is 6.60. The third-order valence-corrected chi connectivity index (χ3v) is 4.72. The van der Waals surface area contributed by atoms with Crippen LogP contribution in [-0.2, 0) is 4.79 Å². The van der Waals surface area contributed by atoms with Gasteiger partial charge in [0.05, 0.1) is 17.6 Å². The van der Waals surface area contributed by atoms with E-state index in [-0.39, 0.29) is 5.75 Å². The predicted octanol–water partition coefficient (Wildman–Crippen LogP) is 3.89. The van der Waals surface area contributed by atoms with Gasteiger partial charge in [0.25, 0.3) is 0 Å². The van der Waals surface area contributed by atoms with Crippen molar-refractivity contribution in [3.05, 3.63) is 36.2 Å². The van der Waals surface area contributed by atoms with E-state index in [1.807, 2.05) is 30.7 Å². The van der Waals surface area contributed by atoms with Gasteiger partial charge in [-0.15, -0.1) is 11.8 Å². The molecule has 1 aromatic heterocycles. The summed E-state index contributed by atoms with van der Waals surface area (Å²) < 4.78 is 2.07. The molecule has 0 aliphatic rings. The highest BCUT2D eigenvalue weighted by molar-refractivity contribution is 7.99. The number of carboxylic acid groups (broad SMARTS) is 1. The van der Waals surface area contributed by atoms with Crippen LogP contribution in [0.4, 0.5) is 0 Å². The predicted molar refractivity (Wildman–Crippen MR) is 87.8 cm³/mol. The summed E-state index contributed by atoms with van der Waals surface area (Å²) in [5.41, 5.74) is 2.14. The monoisotopic (exact) mass is 322 g/mol. The summed E-state index contributed by atoms with van der Waals surface area (Å²) in [6.45, 7) is 4.22. The molecule has 1 aromatic carbocycles. The molecule has 1 N–H and O–H groups in total. The molecule has 0 aliphatic heterocycles. The number of thioether (sulfide) groups is 2. The Balaban J connectivity index is 2.53. The second-order valence-electron chi connectivity index (χ2n) is 4.81. The Bertz CT molecular complexity index is 638. The van der Waals surface area contributed by atoms with Crippen LogP contribution in [0.15, 0.2) is 40.5 Å². The maximum absolute atomic E-state index is 10.8. The van der Waals surface area contributed by atoms with E-state index in [0.29, 0.717) is 5.92 Å². The Hall–Kier alpha value is -1.40. The number of hydrogen-bond donors (Lipinski definition) is 1. The Labute approximate surface area is 133 Å². The molecule has 112 valence electrons. The Morgan fingerprint density at radius 1 is 1.38 bits per heavy atom. The number of nitrogens with zero attached hydrogens (tertiary/aromatic N) is 2. The molecule has 1 heterocycles. The number of imidazole rings is 1. The fourth-order valence-electron chi connectivity index (χ4n) is 2.04. The molecule has 2 rings (SSSR count). The number of carboxylic acids is 1. The smallest absolute Gasteiger partial charge is 0.313 e. The van der Waals surface area contributed by atoms with Gasteiger partial charge in [-0.05, 0) is 24.3 Å². The van der Waals surface area contributed by atoms with E-state index in [9.17, 15) is 4.79 Å². The van der Waals surface area contributed by atoms with Crippen molar-refractivity contribution in [2.75, 3.05) is 12.0 Å². The van der Waals surface area contributed by atoms with Crippen LogP contribution < -0.4 is 0 Å². The van der Waals surface area contributed by atoms with E-state index >= 15 is 0 Å². The van der Waals surface area contributed by atoms with Crippen molar-refractivity contribution in [3.8, 4) is 5.69 Å². The molecule has 0 saturated carbocycles. The number of aromatic nitrogens is 2. The molecule has 0 saturated heterocycles. The standard InChI is InChI=1S/C15H18N2O2S2/c1-10(2)12-8-16-15(21-9-14(18)19)17(12)11-6-4-5-7-13(11)20-3/h4-8,10H,9H2,1-3H3,(H,18,19). The molecule has 4 nitrogen and oxygen atoms in total. The number of benzene rings is 1. The summed E-state index contributed by atoms with van der Waals surface area (Å²) in [6.07, 6.45) is 3.88. The van der Waals surface area contributed by atoms with Crippen LogP contribution in [0.5, 0.6) is 0 Å². The summed E-state index contributed by atoms with van der Waals surface area (Å²) in [5, 5.41) is 9.62. The molecule has 0 amide bonds. The molecule has 6 heteroatoms. The van der Waals surface area contributed by atoms with E-state index in [2.05, 4.69) is 29.5 Å². The zero-order chi connectivity index (χ0) is 15.4. The quantitative estimate of drug-likeness (QED) is 0.818. The van der Waals surface area contributed by atoms with Crippen LogP contribution in [0, 0.1) is 0 Å². The first-order chi connectivity index (χ1) is 10.0. The first kappa shape index (κ1) is 16.0. The van der Waals surface area contributed by atoms with Crippen molar-refractivity contribution < 1.29 is 9.90 Å². The zero-order valence-corrected chi connectivity index (χ0v) is 13.9. The number of hydrogen-bond acceptors (Lipinski definition) is 4. The largest absolute Gasteiger partial charge is 0.481 e. The number of carbonyl (C=O) groups is 1. The van der Waals surface area contributed by atoms with Crippen molar-refractivity contribution in [2.45, 2.75) is 29.8 Å². The fraction of sp³-hybridized carbons (Fsp3) is 0.333. The highest BCUT2D eigenvalue weighted by atomic mass is 32.2. The van der Waals surface area contributed by atoms with E-state index in [1.54, 1.807) is 11.8 Å². The highest BCUT2D eigenvalue weighted by Crippen LogP contribution is 2.32. The lowest BCUT2D eigenvalue weighted by Gasteiger charge is -2.16. The van der Waals surface area contributed by atoms with Gasteiger partial charge < -0.3 is 5.11 Å². The lowest BCUT2D eigenvalue weighted by Crippen LogP contribution is -2.06. The maximum Gasteiger partial charge on any atom is 0.313 e. The summed E-state index contributed by atoms with van der Waals surface area (Å²) in [6, 6.07) is 8.11. The van der Waals surface area contributed by atoms with Crippen LogP contribution in [0.25, 0.3) is 5.69 Å². The lowest BCUT2D eigenvalue weighted by atomic mass is 10.1. The van der Waals surface area contributed by atoms with Gasteiger partial charge in [0.15, 0.2) is 5.16 Å². The average molecular weight is 322 g/mol. The van der Waals surface area contributed by atoms with Gasteiger partial charge in [0.1, 0.15) is 0 Å². The van der Waals surface area contributed by atoms with Crippen molar-refractivity contribution >= 4 is 29.5 Å². The minimum absolute atomic E-state index is 0.00990. The van der Waals surface area contributed by atoms with Gasteiger partial charge in [0.2, 0.25) is 0 Å². The minimum Gasteiger partial charge on any atom is -0.481 e. The van der Waals surface area contributed by atoms with Crippen LogP contribution in [0.2, 0.25) is 0 Å². The van der Waals surface area contributed by atoms with Crippen LogP contribution >= 0.6 is 23.5 Å². The fourth-order valence-corrected chi connectivity index (χ4v) is 3.34. The number of para-hydroxylation sites is 1. The highest BCUT2D eigenvalue weighted by Gasteiger charge is 2.17. The summed E-state index contributed by atoms with van der Waals surface area (Å²) in [5.74, 6) is -0.513. The van der Waals surface area contributed by atoms with Crippen LogP contribution in [0.1, 0.15) is 25.5 Å². The van der Waals surface area contributed by atoms with Crippen LogP contribution in [0.3, 0.4) is 0 Å². The van der Waals surface area contributed by atoms with Crippen molar-refractivity contribution in [1.82, 2.24) is 9.55 Å². The summed E-state index contributed by atoms with van der Waals surface area (Å²) in [4.78, 5) is 16.4. The Morgan fingerprint density at radius 3 is 2.71 bits per heavy atom. The van der Waals surface area contributed by atoms with E-state index < -0.39 is 5.97 Å². The second-order valence-corrected chi connectivity index (χ2v) is 6.60. The van der Waals surface area contributed by atoms with Crippen molar-refractivity contribution in [2.24, 2.45) is 0 Å². The molecular weight excluding hydrogens is 304 g/mol. The van der Waals surface area contributed by atoms with Gasteiger partial charge in [0, 0.05) is 10.6 Å². The molecule has 0 spiro atoms. The molecule has 2 aromatic rings. The summed E-state index contributed by atoms with van der Waals surface area (Å²) in [7, 11) is 0. The molecule has 0 unspecified atom stereocenters. The topological polar surface area (TPSA) is 55.1 Å². The Kier molecular flexibility index (Phi) is 5.36. The van der Waals surface area contributed by atoms with Gasteiger partial charge in [-0.25, -0.2) is 4.98 Å².